The molecule has 3 aromatic rings. The minimum absolute atomic E-state index is 0.0273. The molecule has 0 fully saturated rings. The highest BCUT2D eigenvalue weighted by atomic mass is 32.2. The first-order valence-corrected chi connectivity index (χ1v) is 9.87. The molecule has 1 atom stereocenters. The molecular weight excluding hydrogens is 358 g/mol. The monoisotopic (exact) mass is 381 g/mol. The van der Waals surface area contributed by atoms with Crippen molar-refractivity contribution >= 4 is 17.7 Å². The first kappa shape index (κ1) is 19.1. The van der Waals surface area contributed by atoms with Gasteiger partial charge in [0.2, 0.25) is 5.91 Å². The highest BCUT2D eigenvalue weighted by molar-refractivity contribution is 7.99. The van der Waals surface area contributed by atoms with Crippen LogP contribution in [0.4, 0.5) is 0 Å². The third kappa shape index (κ3) is 4.74. The number of thioether (sulfide) groups is 1. The quantitative estimate of drug-likeness (QED) is 0.635. The summed E-state index contributed by atoms with van der Waals surface area (Å²) >= 11 is 1.38. The third-order valence-electron chi connectivity index (χ3n) is 4.37. The Hall–Kier alpha value is -2.67. The van der Waals surface area contributed by atoms with E-state index in [0.29, 0.717) is 10.9 Å². The number of aromatic nitrogens is 4. The molecule has 2 heterocycles. The van der Waals surface area contributed by atoms with Crippen LogP contribution < -0.4 is 5.32 Å². The number of nitrogens with zero attached hydrogens (tertiary/aromatic N) is 4. The van der Waals surface area contributed by atoms with E-state index in [4.69, 9.17) is 0 Å². The molecule has 0 spiro atoms. The summed E-state index contributed by atoms with van der Waals surface area (Å²) in [5, 5.41) is 12.2. The van der Waals surface area contributed by atoms with Crippen LogP contribution in [0.2, 0.25) is 0 Å². The van der Waals surface area contributed by atoms with Gasteiger partial charge in [0.15, 0.2) is 11.0 Å². The Labute approximate surface area is 163 Å². The maximum Gasteiger partial charge on any atom is 0.230 e. The summed E-state index contributed by atoms with van der Waals surface area (Å²) in [6.07, 6.45) is 4.45. The van der Waals surface area contributed by atoms with Gasteiger partial charge in [-0.2, -0.15) is 0 Å². The molecule has 140 valence electrons. The molecule has 0 radical (unpaired) electrons. The number of rotatable bonds is 7. The van der Waals surface area contributed by atoms with E-state index in [-0.39, 0.29) is 11.9 Å². The lowest BCUT2D eigenvalue weighted by Crippen LogP contribution is -2.28. The van der Waals surface area contributed by atoms with Crippen LogP contribution in [0.1, 0.15) is 31.0 Å². The summed E-state index contributed by atoms with van der Waals surface area (Å²) in [7, 11) is 1.90. The molecule has 6 nitrogen and oxygen atoms in total. The molecule has 7 heteroatoms. The Balaban J connectivity index is 1.57. The molecule has 1 N–H and O–H groups in total. The number of benzene rings is 1. The molecule has 0 saturated carbocycles. The maximum absolute atomic E-state index is 12.3. The number of nitrogens with one attached hydrogen (secondary N) is 1. The van der Waals surface area contributed by atoms with Gasteiger partial charge in [-0.15, -0.1) is 10.2 Å². The molecule has 1 aromatic carbocycles. The fourth-order valence-corrected chi connectivity index (χ4v) is 3.45. The Morgan fingerprint density at radius 3 is 2.52 bits per heavy atom. The lowest BCUT2D eigenvalue weighted by molar-refractivity contribution is -0.119. The molecule has 0 bridgehead atoms. The van der Waals surface area contributed by atoms with Crippen LogP contribution in [0, 0.1) is 0 Å². The average molecular weight is 382 g/mol. The van der Waals surface area contributed by atoms with E-state index in [1.165, 1.54) is 17.3 Å². The van der Waals surface area contributed by atoms with E-state index in [1.807, 2.05) is 30.7 Å². The smallest absolute Gasteiger partial charge is 0.230 e. The van der Waals surface area contributed by atoms with Gasteiger partial charge < -0.3 is 9.88 Å². The van der Waals surface area contributed by atoms with E-state index in [0.717, 1.165) is 23.4 Å². The molecule has 0 aliphatic heterocycles. The molecule has 0 aliphatic carbocycles. The van der Waals surface area contributed by atoms with Gasteiger partial charge in [0.05, 0.1) is 11.8 Å². The van der Waals surface area contributed by atoms with Crippen molar-refractivity contribution in [2.45, 2.75) is 31.5 Å². The number of carbonyl (C=O) groups is 1. The molecule has 0 aliphatic rings. The van der Waals surface area contributed by atoms with Crippen LogP contribution in [0.25, 0.3) is 11.4 Å². The van der Waals surface area contributed by atoms with Crippen molar-refractivity contribution in [3.8, 4) is 11.4 Å². The normalized spacial score (nSPS) is 12.0. The van der Waals surface area contributed by atoms with Crippen LogP contribution in [0.3, 0.4) is 0 Å². The lowest BCUT2D eigenvalue weighted by Gasteiger charge is -2.14. The number of carbonyl (C=O) groups excluding carboxylic acids is 1. The van der Waals surface area contributed by atoms with Gasteiger partial charge in [-0.1, -0.05) is 43.0 Å². The maximum atomic E-state index is 12.3. The summed E-state index contributed by atoms with van der Waals surface area (Å²) in [5.41, 5.74) is 3.34. The lowest BCUT2D eigenvalue weighted by atomic mass is 10.1. The van der Waals surface area contributed by atoms with E-state index < -0.39 is 0 Å². The van der Waals surface area contributed by atoms with Crippen molar-refractivity contribution in [2.24, 2.45) is 7.05 Å². The largest absolute Gasteiger partial charge is 0.349 e. The number of hydrogen-bond acceptors (Lipinski definition) is 5. The second-order valence-electron chi connectivity index (χ2n) is 6.27. The van der Waals surface area contributed by atoms with Crippen molar-refractivity contribution in [2.75, 3.05) is 5.75 Å². The van der Waals surface area contributed by atoms with Crippen molar-refractivity contribution in [1.82, 2.24) is 25.1 Å². The van der Waals surface area contributed by atoms with Gasteiger partial charge in [0.1, 0.15) is 0 Å². The highest BCUT2D eigenvalue weighted by Gasteiger charge is 2.14. The zero-order chi connectivity index (χ0) is 19.2. The molecule has 27 heavy (non-hydrogen) atoms. The topological polar surface area (TPSA) is 72.7 Å². The minimum atomic E-state index is -0.0316. The van der Waals surface area contributed by atoms with Gasteiger partial charge in [-0.3, -0.25) is 9.78 Å². The first-order valence-electron chi connectivity index (χ1n) is 8.89. The first-order chi connectivity index (χ1) is 13.1. The second kappa shape index (κ2) is 8.81. The molecule has 3 rings (SSSR count). The SMILES string of the molecule is CCc1ccc([C@@H](C)NC(=O)CSc2nnc(-c3ccncc3)n2C)cc1. The Kier molecular flexibility index (Phi) is 6.24. The predicted molar refractivity (Wildman–Crippen MR) is 107 cm³/mol. The van der Waals surface area contributed by atoms with Crippen molar-refractivity contribution in [3.63, 3.8) is 0 Å². The summed E-state index contributed by atoms with van der Waals surface area (Å²) in [4.78, 5) is 16.3. The van der Waals surface area contributed by atoms with Crippen LogP contribution >= 0.6 is 11.8 Å². The van der Waals surface area contributed by atoms with Gasteiger partial charge in [0, 0.05) is 25.0 Å². The summed E-state index contributed by atoms with van der Waals surface area (Å²) in [5.74, 6) is 1.02. The Morgan fingerprint density at radius 2 is 1.85 bits per heavy atom. The van der Waals surface area contributed by atoms with Gasteiger partial charge in [0.25, 0.3) is 0 Å². The van der Waals surface area contributed by atoms with E-state index >= 15 is 0 Å². The second-order valence-corrected chi connectivity index (χ2v) is 7.22. The van der Waals surface area contributed by atoms with Gasteiger partial charge in [-0.05, 0) is 36.6 Å². The van der Waals surface area contributed by atoms with Crippen molar-refractivity contribution in [3.05, 3.63) is 59.9 Å². The molecule has 1 amide bonds. The van der Waals surface area contributed by atoms with E-state index in [1.54, 1.807) is 12.4 Å². The predicted octanol–water partition coefficient (Wildman–Crippen LogP) is 3.41. The highest BCUT2D eigenvalue weighted by Crippen LogP contribution is 2.22. The van der Waals surface area contributed by atoms with Crippen LogP contribution in [0.15, 0.2) is 53.9 Å². The summed E-state index contributed by atoms with van der Waals surface area (Å²) in [6, 6.07) is 12.1. The minimum Gasteiger partial charge on any atom is -0.349 e. The van der Waals surface area contributed by atoms with Crippen molar-refractivity contribution in [1.29, 1.82) is 0 Å². The Morgan fingerprint density at radius 1 is 1.15 bits per heavy atom. The standard InChI is InChI=1S/C20H23N5OS/c1-4-15-5-7-16(8-6-15)14(2)22-18(26)13-27-20-24-23-19(25(20)3)17-9-11-21-12-10-17/h5-12,14H,4,13H2,1-3H3,(H,22,26)/t14-/m1/s1. The van der Waals surface area contributed by atoms with Gasteiger partial charge >= 0.3 is 0 Å². The van der Waals surface area contributed by atoms with Crippen LogP contribution in [-0.2, 0) is 18.3 Å². The fraction of sp³-hybridized carbons (Fsp3) is 0.300. The van der Waals surface area contributed by atoms with Crippen LogP contribution in [0.5, 0.6) is 0 Å². The molecule has 0 saturated heterocycles. The zero-order valence-corrected chi connectivity index (χ0v) is 16.5. The van der Waals surface area contributed by atoms with Crippen LogP contribution in [-0.4, -0.2) is 31.4 Å². The number of amides is 1. The number of aryl methyl sites for hydroxylation is 1. The molecular formula is C20H23N5OS. The zero-order valence-electron chi connectivity index (χ0n) is 15.7. The van der Waals surface area contributed by atoms with E-state index in [9.17, 15) is 4.79 Å². The molecule has 0 unspecified atom stereocenters. The average Bonchev–Trinajstić information content (AvgIpc) is 3.07. The summed E-state index contributed by atoms with van der Waals surface area (Å²) < 4.78 is 1.89. The number of pyridine rings is 1. The third-order valence-corrected chi connectivity index (χ3v) is 5.39. The fourth-order valence-electron chi connectivity index (χ4n) is 2.73. The summed E-state index contributed by atoms with van der Waals surface area (Å²) in [6.45, 7) is 4.12. The number of hydrogen-bond donors (Lipinski definition) is 1. The molecule has 2 aromatic heterocycles. The Bertz CT molecular complexity index is 892. The van der Waals surface area contributed by atoms with Gasteiger partial charge in [-0.25, -0.2) is 0 Å². The van der Waals surface area contributed by atoms with Crippen molar-refractivity contribution < 1.29 is 4.79 Å². The van der Waals surface area contributed by atoms with E-state index in [2.05, 4.69) is 51.7 Å².